The number of rotatable bonds is 2. The van der Waals surface area contributed by atoms with Gasteiger partial charge in [-0.1, -0.05) is 0 Å². The molecule has 1 aromatic rings. The Bertz CT molecular complexity index is 312. The number of carbonyl (C=O) groups excluding carboxylic acids is 1. The molecule has 2 rings (SSSR count). The number of amides is 1. The largest absolute Gasteiger partial charge is 0.369 e. The lowest BCUT2D eigenvalue weighted by Crippen LogP contribution is -2.29. The van der Waals surface area contributed by atoms with E-state index in [2.05, 4.69) is 4.98 Å². The van der Waals surface area contributed by atoms with Crippen molar-refractivity contribution in [3.05, 3.63) is 29.6 Å². The molecule has 0 aliphatic carbocycles. The summed E-state index contributed by atoms with van der Waals surface area (Å²) in [5, 5.41) is 0. The van der Waals surface area contributed by atoms with E-state index in [1.807, 2.05) is 17.2 Å². The van der Waals surface area contributed by atoms with Crippen molar-refractivity contribution in [2.24, 2.45) is 5.73 Å². The minimum Gasteiger partial charge on any atom is -0.369 e. The average Bonchev–Trinajstić information content (AvgIpc) is 2.44. The van der Waals surface area contributed by atoms with E-state index in [0.717, 1.165) is 13.1 Å². The SMILES string of the molecule is NC(=O)CN1Cc2ccncc2C1. The first-order valence-electron chi connectivity index (χ1n) is 4.18. The molecule has 1 amide bonds. The van der Waals surface area contributed by atoms with Gasteiger partial charge >= 0.3 is 0 Å². The van der Waals surface area contributed by atoms with Crippen molar-refractivity contribution in [2.75, 3.05) is 6.54 Å². The first-order valence-corrected chi connectivity index (χ1v) is 4.18. The van der Waals surface area contributed by atoms with Crippen LogP contribution in [0.25, 0.3) is 0 Å². The van der Waals surface area contributed by atoms with E-state index in [1.165, 1.54) is 11.1 Å². The van der Waals surface area contributed by atoms with Crippen LogP contribution in [0, 0.1) is 0 Å². The summed E-state index contributed by atoms with van der Waals surface area (Å²) in [4.78, 5) is 16.7. The van der Waals surface area contributed by atoms with Crippen LogP contribution in [0.3, 0.4) is 0 Å². The second kappa shape index (κ2) is 3.14. The summed E-state index contributed by atoms with van der Waals surface area (Å²) in [5.41, 5.74) is 7.56. The zero-order chi connectivity index (χ0) is 9.26. The van der Waals surface area contributed by atoms with Gasteiger partial charge in [0, 0.05) is 25.5 Å². The lowest BCUT2D eigenvalue weighted by Gasteiger charge is -2.10. The molecule has 0 fully saturated rings. The second-order valence-electron chi connectivity index (χ2n) is 3.26. The number of aromatic nitrogens is 1. The van der Waals surface area contributed by atoms with E-state index in [1.54, 1.807) is 6.20 Å². The van der Waals surface area contributed by atoms with Crippen LogP contribution in [0.1, 0.15) is 11.1 Å². The Balaban J connectivity index is 2.09. The number of primary amides is 1. The molecule has 4 heteroatoms. The lowest BCUT2D eigenvalue weighted by molar-refractivity contribution is -0.119. The van der Waals surface area contributed by atoms with Gasteiger partial charge in [-0.15, -0.1) is 0 Å². The Kier molecular flexibility index (Phi) is 1.98. The fraction of sp³-hybridized carbons (Fsp3) is 0.333. The molecular weight excluding hydrogens is 166 g/mol. The van der Waals surface area contributed by atoms with Gasteiger partial charge in [-0.3, -0.25) is 14.7 Å². The molecule has 1 aliphatic heterocycles. The van der Waals surface area contributed by atoms with E-state index in [4.69, 9.17) is 5.73 Å². The molecule has 0 spiro atoms. The van der Waals surface area contributed by atoms with E-state index in [-0.39, 0.29) is 5.91 Å². The summed E-state index contributed by atoms with van der Waals surface area (Å²) < 4.78 is 0. The maximum atomic E-state index is 10.7. The number of nitrogens with two attached hydrogens (primary N) is 1. The van der Waals surface area contributed by atoms with Gasteiger partial charge in [0.15, 0.2) is 0 Å². The fourth-order valence-electron chi connectivity index (χ4n) is 1.62. The predicted molar refractivity (Wildman–Crippen MR) is 47.5 cm³/mol. The summed E-state index contributed by atoms with van der Waals surface area (Å²) in [6.45, 7) is 1.92. The Morgan fingerprint density at radius 1 is 1.54 bits per heavy atom. The van der Waals surface area contributed by atoms with Gasteiger partial charge in [-0.25, -0.2) is 0 Å². The van der Waals surface area contributed by atoms with Crippen molar-refractivity contribution in [3.63, 3.8) is 0 Å². The van der Waals surface area contributed by atoms with Gasteiger partial charge in [0.2, 0.25) is 5.91 Å². The van der Waals surface area contributed by atoms with Crippen molar-refractivity contribution < 1.29 is 4.79 Å². The number of carbonyl (C=O) groups is 1. The molecule has 0 saturated heterocycles. The Hall–Kier alpha value is -1.42. The topological polar surface area (TPSA) is 59.2 Å². The molecule has 2 N–H and O–H groups in total. The van der Waals surface area contributed by atoms with Crippen molar-refractivity contribution in [1.82, 2.24) is 9.88 Å². The zero-order valence-electron chi connectivity index (χ0n) is 7.23. The first kappa shape index (κ1) is 8.19. The van der Waals surface area contributed by atoms with Crippen LogP contribution in [0.5, 0.6) is 0 Å². The lowest BCUT2D eigenvalue weighted by atomic mass is 10.2. The third kappa shape index (κ3) is 1.67. The van der Waals surface area contributed by atoms with Crippen molar-refractivity contribution in [1.29, 1.82) is 0 Å². The summed E-state index contributed by atoms with van der Waals surface area (Å²) in [5.74, 6) is -0.277. The molecule has 0 atom stereocenters. The van der Waals surface area contributed by atoms with Crippen LogP contribution in [-0.4, -0.2) is 22.3 Å². The molecule has 1 aromatic heterocycles. The minimum atomic E-state index is -0.277. The van der Waals surface area contributed by atoms with Gasteiger partial charge in [-0.05, 0) is 17.2 Å². The highest BCUT2D eigenvalue weighted by Crippen LogP contribution is 2.20. The van der Waals surface area contributed by atoms with Crippen LogP contribution >= 0.6 is 0 Å². The van der Waals surface area contributed by atoms with Gasteiger partial charge in [0.1, 0.15) is 0 Å². The molecule has 0 bridgehead atoms. The van der Waals surface area contributed by atoms with Crippen LogP contribution in [-0.2, 0) is 17.9 Å². The molecule has 68 valence electrons. The number of hydrogen-bond donors (Lipinski definition) is 1. The number of nitrogens with zero attached hydrogens (tertiary/aromatic N) is 2. The average molecular weight is 177 g/mol. The Morgan fingerprint density at radius 3 is 3.00 bits per heavy atom. The molecule has 2 heterocycles. The van der Waals surface area contributed by atoms with Gasteiger partial charge < -0.3 is 5.73 Å². The van der Waals surface area contributed by atoms with Crippen LogP contribution in [0.2, 0.25) is 0 Å². The fourth-order valence-corrected chi connectivity index (χ4v) is 1.62. The van der Waals surface area contributed by atoms with E-state index < -0.39 is 0 Å². The number of hydrogen-bond acceptors (Lipinski definition) is 3. The number of pyridine rings is 1. The molecule has 1 aliphatic rings. The monoisotopic (exact) mass is 177 g/mol. The third-order valence-corrected chi connectivity index (χ3v) is 2.17. The molecule has 0 radical (unpaired) electrons. The van der Waals surface area contributed by atoms with Gasteiger partial charge in [0.05, 0.1) is 6.54 Å². The highest BCUT2D eigenvalue weighted by molar-refractivity contribution is 5.76. The summed E-state index contributed by atoms with van der Waals surface area (Å²) in [6.07, 6.45) is 3.61. The van der Waals surface area contributed by atoms with Crippen LogP contribution in [0.15, 0.2) is 18.5 Å². The Labute approximate surface area is 76.4 Å². The molecule has 0 unspecified atom stereocenters. The van der Waals surface area contributed by atoms with Gasteiger partial charge in [0.25, 0.3) is 0 Å². The maximum Gasteiger partial charge on any atom is 0.231 e. The van der Waals surface area contributed by atoms with Crippen molar-refractivity contribution in [3.8, 4) is 0 Å². The van der Waals surface area contributed by atoms with Crippen LogP contribution in [0.4, 0.5) is 0 Å². The standard InChI is InChI=1S/C9H11N3O/c10-9(13)6-12-4-7-1-2-11-3-8(7)5-12/h1-3H,4-6H2,(H2,10,13). The highest BCUT2D eigenvalue weighted by Gasteiger charge is 2.19. The summed E-state index contributed by atoms with van der Waals surface area (Å²) >= 11 is 0. The quantitative estimate of drug-likeness (QED) is 0.685. The summed E-state index contributed by atoms with van der Waals surface area (Å²) in [7, 11) is 0. The maximum absolute atomic E-state index is 10.7. The third-order valence-electron chi connectivity index (χ3n) is 2.17. The zero-order valence-corrected chi connectivity index (χ0v) is 7.23. The molecule has 13 heavy (non-hydrogen) atoms. The van der Waals surface area contributed by atoms with Gasteiger partial charge in [-0.2, -0.15) is 0 Å². The second-order valence-corrected chi connectivity index (χ2v) is 3.26. The molecular formula is C9H11N3O. The first-order chi connectivity index (χ1) is 6.25. The molecule has 0 aromatic carbocycles. The minimum absolute atomic E-state index is 0.277. The number of fused-ring (bicyclic) bond motifs is 1. The van der Waals surface area contributed by atoms with Crippen molar-refractivity contribution in [2.45, 2.75) is 13.1 Å². The van der Waals surface area contributed by atoms with Crippen molar-refractivity contribution >= 4 is 5.91 Å². The molecule has 4 nitrogen and oxygen atoms in total. The smallest absolute Gasteiger partial charge is 0.231 e. The summed E-state index contributed by atoms with van der Waals surface area (Å²) in [6, 6.07) is 1.98. The van der Waals surface area contributed by atoms with E-state index in [0.29, 0.717) is 6.54 Å². The van der Waals surface area contributed by atoms with Crippen LogP contribution < -0.4 is 5.73 Å². The van der Waals surface area contributed by atoms with E-state index >= 15 is 0 Å². The highest BCUT2D eigenvalue weighted by atomic mass is 16.1. The molecule has 0 saturated carbocycles. The normalized spacial score (nSPS) is 15.7. The predicted octanol–water partition coefficient (Wildman–Crippen LogP) is -0.118. The van der Waals surface area contributed by atoms with E-state index in [9.17, 15) is 4.79 Å². The Morgan fingerprint density at radius 2 is 2.31 bits per heavy atom.